The van der Waals surface area contributed by atoms with Crippen molar-refractivity contribution in [2.75, 3.05) is 16.8 Å². The maximum Gasteiger partial charge on any atom is 0.229 e. The van der Waals surface area contributed by atoms with E-state index in [1.54, 1.807) is 18.2 Å². The van der Waals surface area contributed by atoms with Crippen molar-refractivity contribution in [1.82, 2.24) is 0 Å². The van der Waals surface area contributed by atoms with Gasteiger partial charge in [0.15, 0.2) is 0 Å². The van der Waals surface area contributed by atoms with E-state index in [4.69, 9.17) is 0 Å². The molecular weight excluding hydrogens is 367 g/mol. The van der Waals surface area contributed by atoms with Crippen LogP contribution in [-0.4, -0.2) is 18.4 Å². The van der Waals surface area contributed by atoms with Crippen molar-refractivity contribution >= 4 is 23.2 Å². The van der Waals surface area contributed by atoms with Gasteiger partial charge in [0.2, 0.25) is 11.8 Å². The zero-order chi connectivity index (χ0) is 20.2. The quantitative estimate of drug-likeness (QED) is 0.704. The van der Waals surface area contributed by atoms with E-state index in [2.05, 4.69) is 5.32 Å². The number of nitrogens with zero attached hydrogens (tertiary/aromatic N) is 1. The molecule has 1 aliphatic rings. The lowest BCUT2D eigenvalue weighted by Gasteiger charge is -2.18. The molecule has 4 nitrogen and oxygen atoms in total. The molecule has 2 amide bonds. The minimum absolute atomic E-state index is 0.0705. The summed E-state index contributed by atoms with van der Waals surface area (Å²) < 4.78 is 14.1. The van der Waals surface area contributed by atoms with Gasteiger partial charge in [0.25, 0.3) is 0 Å². The largest absolute Gasteiger partial charge is 0.326 e. The van der Waals surface area contributed by atoms with Gasteiger partial charge in [-0.3, -0.25) is 9.59 Å². The van der Waals surface area contributed by atoms with Gasteiger partial charge in [-0.05, 0) is 35.7 Å². The molecule has 0 bridgehead atoms. The third-order valence-corrected chi connectivity index (χ3v) is 5.15. The van der Waals surface area contributed by atoms with Crippen LogP contribution in [0.2, 0.25) is 0 Å². The maximum atomic E-state index is 14.1. The molecule has 0 aromatic heterocycles. The molecule has 1 aliphatic heterocycles. The molecule has 0 aliphatic carbocycles. The van der Waals surface area contributed by atoms with E-state index in [-0.39, 0.29) is 30.5 Å². The number of carbonyl (C=O) groups is 2. The molecule has 0 radical (unpaired) electrons. The number of anilines is 2. The van der Waals surface area contributed by atoms with Crippen molar-refractivity contribution < 1.29 is 14.0 Å². The Morgan fingerprint density at radius 2 is 1.66 bits per heavy atom. The van der Waals surface area contributed by atoms with Crippen LogP contribution in [0.4, 0.5) is 15.8 Å². The monoisotopic (exact) mass is 388 g/mol. The zero-order valence-corrected chi connectivity index (χ0v) is 15.8. The molecular formula is C24H21FN2O2. The Kier molecular flexibility index (Phi) is 5.38. The van der Waals surface area contributed by atoms with E-state index in [0.29, 0.717) is 6.42 Å². The molecule has 3 aromatic carbocycles. The van der Waals surface area contributed by atoms with Crippen LogP contribution in [0.3, 0.4) is 0 Å². The fourth-order valence-corrected chi connectivity index (χ4v) is 3.63. The minimum Gasteiger partial charge on any atom is -0.326 e. The van der Waals surface area contributed by atoms with Gasteiger partial charge >= 0.3 is 0 Å². The standard InChI is InChI=1S/C24H21FN2O2/c25-20-11-5-7-13-22(20)27-16-19(15-23(27)28)24(29)26-21-12-6-4-10-18(21)14-17-8-2-1-3-9-17/h1-13,19H,14-16H2,(H,26,29)/t19-/m1/s1. The molecule has 1 N–H and O–H groups in total. The van der Waals surface area contributed by atoms with Crippen LogP contribution in [0.25, 0.3) is 0 Å². The highest BCUT2D eigenvalue weighted by Gasteiger charge is 2.36. The summed E-state index contributed by atoms with van der Waals surface area (Å²) in [6, 6.07) is 23.8. The number of amides is 2. The summed E-state index contributed by atoms with van der Waals surface area (Å²) in [5.41, 5.74) is 3.11. The second kappa shape index (κ2) is 8.27. The smallest absolute Gasteiger partial charge is 0.229 e. The molecule has 1 saturated heterocycles. The lowest BCUT2D eigenvalue weighted by molar-refractivity contribution is -0.122. The molecule has 1 fully saturated rings. The van der Waals surface area contributed by atoms with Crippen LogP contribution >= 0.6 is 0 Å². The summed E-state index contributed by atoms with van der Waals surface area (Å²) in [4.78, 5) is 26.6. The first kappa shape index (κ1) is 18.9. The number of benzene rings is 3. The van der Waals surface area contributed by atoms with Crippen molar-refractivity contribution in [2.45, 2.75) is 12.8 Å². The SMILES string of the molecule is O=C(Nc1ccccc1Cc1ccccc1)[C@@H]1CC(=O)N(c2ccccc2F)C1. The zero-order valence-electron chi connectivity index (χ0n) is 15.8. The fraction of sp³-hybridized carbons (Fsp3) is 0.167. The number of halogens is 1. The van der Waals surface area contributed by atoms with Crippen LogP contribution in [0.1, 0.15) is 17.5 Å². The van der Waals surface area contributed by atoms with Gasteiger partial charge in [0.05, 0.1) is 11.6 Å². The van der Waals surface area contributed by atoms with E-state index < -0.39 is 11.7 Å². The predicted molar refractivity (Wildman–Crippen MR) is 111 cm³/mol. The Morgan fingerprint density at radius 1 is 0.966 bits per heavy atom. The molecule has 1 heterocycles. The molecule has 5 heteroatoms. The van der Waals surface area contributed by atoms with Gasteiger partial charge in [-0.2, -0.15) is 0 Å². The van der Waals surface area contributed by atoms with Crippen LogP contribution < -0.4 is 10.2 Å². The highest BCUT2D eigenvalue weighted by atomic mass is 19.1. The third-order valence-electron chi connectivity index (χ3n) is 5.15. The Balaban J connectivity index is 1.48. The average molecular weight is 388 g/mol. The van der Waals surface area contributed by atoms with Crippen molar-refractivity contribution in [3.05, 3.63) is 95.8 Å². The van der Waals surface area contributed by atoms with Crippen LogP contribution in [0.15, 0.2) is 78.9 Å². The topological polar surface area (TPSA) is 49.4 Å². The number of nitrogens with one attached hydrogen (secondary N) is 1. The van der Waals surface area contributed by atoms with Crippen molar-refractivity contribution in [3.63, 3.8) is 0 Å². The summed E-state index contributed by atoms with van der Waals surface area (Å²) in [6.45, 7) is 0.173. The number of carbonyl (C=O) groups excluding carboxylic acids is 2. The molecule has 0 unspecified atom stereocenters. The second-order valence-corrected chi connectivity index (χ2v) is 7.17. The first-order valence-corrected chi connectivity index (χ1v) is 9.59. The first-order valence-electron chi connectivity index (χ1n) is 9.59. The van der Waals surface area contributed by atoms with Gasteiger partial charge < -0.3 is 10.2 Å². The van der Waals surface area contributed by atoms with E-state index in [9.17, 15) is 14.0 Å². The Labute approximate surface area is 169 Å². The number of hydrogen-bond acceptors (Lipinski definition) is 2. The lowest BCUT2D eigenvalue weighted by Crippen LogP contribution is -2.28. The molecule has 0 spiro atoms. The summed E-state index contributed by atoms with van der Waals surface area (Å²) in [7, 11) is 0. The normalized spacial score (nSPS) is 16.1. The van der Waals surface area contributed by atoms with Crippen LogP contribution in [0.5, 0.6) is 0 Å². The molecule has 0 saturated carbocycles. The summed E-state index contributed by atoms with van der Waals surface area (Å²) >= 11 is 0. The Morgan fingerprint density at radius 3 is 2.45 bits per heavy atom. The summed E-state index contributed by atoms with van der Waals surface area (Å²) in [6.07, 6.45) is 0.767. The number of para-hydroxylation sites is 2. The van der Waals surface area contributed by atoms with Crippen LogP contribution in [-0.2, 0) is 16.0 Å². The molecule has 1 atom stereocenters. The van der Waals surface area contributed by atoms with Crippen LogP contribution in [0, 0.1) is 11.7 Å². The summed E-state index contributed by atoms with van der Waals surface area (Å²) in [5.74, 6) is -1.45. The van der Waals surface area contributed by atoms with E-state index in [1.165, 1.54) is 11.0 Å². The van der Waals surface area contributed by atoms with Crippen molar-refractivity contribution in [1.29, 1.82) is 0 Å². The van der Waals surface area contributed by atoms with Gasteiger partial charge in [0.1, 0.15) is 5.82 Å². The van der Waals surface area contributed by atoms with Gasteiger partial charge in [-0.1, -0.05) is 60.7 Å². The lowest BCUT2D eigenvalue weighted by atomic mass is 10.0. The Bertz CT molecular complexity index is 1040. The molecule has 29 heavy (non-hydrogen) atoms. The Hall–Kier alpha value is -3.47. The first-order chi connectivity index (χ1) is 14.1. The average Bonchev–Trinajstić information content (AvgIpc) is 3.12. The number of rotatable bonds is 5. The highest BCUT2D eigenvalue weighted by Crippen LogP contribution is 2.28. The molecule has 146 valence electrons. The second-order valence-electron chi connectivity index (χ2n) is 7.17. The number of hydrogen-bond donors (Lipinski definition) is 1. The highest BCUT2D eigenvalue weighted by molar-refractivity contribution is 6.03. The van der Waals surface area contributed by atoms with Gasteiger partial charge in [-0.15, -0.1) is 0 Å². The molecule has 4 rings (SSSR count). The van der Waals surface area contributed by atoms with Crippen molar-refractivity contribution in [3.8, 4) is 0 Å². The van der Waals surface area contributed by atoms with E-state index in [0.717, 1.165) is 16.8 Å². The van der Waals surface area contributed by atoms with Gasteiger partial charge in [-0.25, -0.2) is 4.39 Å². The maximum absolute atomic E-state index is 14.1. The van der Waals surface area contributed by atoms with E-state index in [1.807, 2.05) is 54.6 Å². The van der Waals surface area contributed by atoms with Gasteiger partial charge in [0, 0.05) is 18.7 Å². The summed E-state index contributed by atoms with van der Waals surface area (Å²) in [5, 5.41) is 2.97. The third kappa shape index (κ3) is 4.19. The predicted octanol–water partition coefficient (Wildman–Crippen LogP) is 4.41. The van der Waals surface area contributed by atoms with E-state index >= 15 is 0 Å². The van der Waals surface area contributed by atoms with Crippen molar-refractivity contribution in [2.24, 2.45) is 5.92 Å². The minimum atomic E-state index is -0.521. The molecule has 3 aromatic rings. The fourth-order valence-electron chi connectivity index (χ4n) is 3.63.